The van der Waals surface area contributed by atoms with E-state index < -0.39 is 0 Å². The first kappa shape index (κ1) is 21.3. The normalized spacial score (nSPS) is 20.2. The molecule has 0 spiro atoms. The van der Waals surface area contributed by atoms with Crippen molar-refractivity contribution in [2.75, 3.05) is 25.4 Å². The second kappa shape index (κ2) is 10.4. The zero-order valence-corrected chi connectivity index (χ0v) is 18.8. The van der Waals surface area contributed by atoms with Gasteiger partial charge in [0.15, 0.2) is 5.96 Å². The third kappa shape index (κ3) is 5.77. The maximum absolute atomic E-state index is 4.81. The Morgan fingerprint density at radius 1 is 1.35 bits per heavy atom. The van der Waals surface area contributed by atoms with Crippen molar-refractivity contribution in [3.63, 3.8) is 0 Å². The van der Waals surface area contributed by atoms with Crippen LogP contribution in [0.3, 0.4) is 0 Å². The van der Waals surface area contributed by atoms with Gasteiger partial charge in [0.05, 0.1) is 23.9 Å². The number of fused-ring (bicyclic) bond motifs is 1. The smallest absolute Gasteiger partial charge is 0.191 e. The molecule has 26 heavy (non-hydrogen) atoms. The van der Waals surface area contributed by atoms with Crippen LogP contribution >= 0.6 is 35.7 Å². The average molecular weight is 487 g/mol. The van der Waals surface area contributed by atoms with E-state index in [4.69, 9.17) is 4.99 Å². The summed E-state index contributed by atoms with van der Waals surface area (Å²) in [6.45, 7) is 8.09. The van der Waals surface area contributed by atoms with Gasteiger partial charge in [-0.05, 0) is 51.0 Å². The molecule has 5 nitrogen and oxygen atoms in total. The predicted molar refractivity (Wildman–Crippen MR) is 124 cm³/mol. The molecule has 1 aromatic carbocycles. The number of imidazole rings is 1. The van der Waals surface area contributed by atoms with Gasteiger partial charge < -0.3 is 15.2 Å². The number of nitrogens with one attached hydrogen (secondary N) is 2. The molecule has 1 aliphatic heterocycles. The van der Waals surface area contributed by atoms with Crippen molar-refractivity contribution in [3.8, 4) is 0 Å². The molecule has 7 heteroatoms. The Labute approximate surface area is 177 Å². The number of rotatable bonds is 7. The minimum Gasteiger partial charge on any atom is -0.357 e. The Morgan fingerprint density at radius 2 is 2.19 bits per heavy atom. The van der Waals surface area contributed by atoms with E-state index in [0.29, 0.717) is 4.75 Å². The first-order chi connectivity index (χ1) is 12.2. The third-order valence-electron chi connectivity index (χ3n) is 4.61. The average Bonchev–Trinajstić information content (AvgIpc) is 3.23. The topological polar surface area (TPSA) is 54.2 Å². The maximum Gasteiger partial charge on any atom is 0.191 e. The van der Waals surface area contributed by atoms with Crippen LogP contribution in [0.5, 0.6) is 0 Å². The molecule has 0 bridgehead atoms. The fraction of sp³-hybridized carbons (Fsp3) is 0.579. The molecule has 1 aromatic heterocycles. The molecule has 2 aromatic rings. The van der Waals surface area contributed by atoms with E-state index in [1.165, 1.54) is 24.1 Å². The Kier molecular flexibility index (Phi) is 8.53. The summed E-state index contributed by atoms with van der Waals surface area (Å²) in [5.41, 5.74) is 2.27. The third-order valence-corrected chi connectivity index (χ3v) is 6.13. The van der Waals surface area contributed by atoms with Crippen LogP contribution in [0.1, 0.15) is 33.1 Å². The zero-order chi connectivity index (χ0) is 17.5. The quantitative estimate of drug-likeness (QED) is 0.269. The monoisotopic (exact) mass is 487 g/mol. The van der Waals surface area contributed by atoms with Crippen molar-refractivity contribution in [2.24, 2.45) is 4.99 Å². The number of benzene rings is 1. The second-order valence-corrected chi connectivity index (χ2v) is 8.49. The van der Waals surface area contributed by atoms with E-state index in [-0.39, 0.29) is 24.0 Å². The van der Waals surface area contributed by atoms with Gasteiger partial charge in [0.2, 0.25) is 0 Å². The fourth-order valence-electron chi connectivity index (χ4n) is 3.19. The standard InChI is InChI=1S/C19H29N5S.HI/c1-3-20-18(22-14-19(2)10-6-13-25-19)21-11-7-12-24-15-23-16-8-4-5-9-17(16)24;/h4-5,8-9,15H,3,6-7,10-14H2,1-2H3,(H2,20,21,22);1H. The lowest BCUT2D eigenvalue weighted by molar-refractivity contribution is 0.609. The van der Waals surface area contributed by atoms with Gasteiger partial charge in [0, 0.05) is 24.4 Å². The molecule has 1 unspecified atom stereocenters. The molecule has 1 fully saturated rings. The minimum absolute atomic E-state index is 0. The lowest BCUT2D eigenvalue weighted by Crippen LogP contribution is -2.39. The van der Waals surface area contributed by atoms with Gasteiger partial charge in [0.25, 0.3) is 0 Å². The van der Waals surface area contributed by atoms with E-state index in [0.717, 1.165) is 44.1 Å². The summed E-state index contributed by atoms with van der Waals surface area (Å²) < 4.78 is 2.54. The van der Waals surface area contributed by atoms with Crippen molar-refractivity contribution in [1.82, 2.24) is 20.2 Å². The number of aliphatic imine (C=N–C) groups is 1. The zero-order valence-electron chi connectivity index (χ0n) is 15.7. The molecule has 2 N–H and O–H groups in total. The van der Waals surface area contributed by atoms with Crippen LogP contribution in [0, 0.1) is 0 Å². The highest BCUT2D eigenvalue weighted by Gasteiger charge is 2.29. The van der Waals surface area contributed by atoms with Gasteiger partial charge in [-0.15, -0.1) is 24.0 Å². The molecule has 1 atom stereocenters. The Balaban J connectivity index is 0.00000243. The molecule has 0 aliphatic carbocycles. The molecule has 3 rings (SSSR count). The lowest BCUT2D eigenvalue weighted by Gasteiger charge is -2.21. The number of thioether (sulfide) groups is 1. The Morgan fingerprint density at radius 3 is 2.96 bits per heavy atom. The number of aromatic nitrogens is 2. The summed E-state index contributed by atoms with van der Waals surface area (Å²) in [4.78, 5) is 9.25. The molecule has 0 radical (unpaired) electrons. The maximum atomic E-state index is 4.81. The molecule has 144 valence electrons. The Bertz CT molecular complexity index is 709. The van der Waals surface area contributed by atoms with Crippen LogP contribution in [-0.4, -0.2) is 45.6 Å². The first-order valence-electron chi connectivity index (χ1n) is 9.26. The van der Waals surface area contributed by atoms with Crippen molar-refractivity contribution in [2.45, 2.75) is 44.4 Å². The highest BCUT2D eigenvalue weighted by molar-refractivity contribution is 14.0. The van der Waals surface area contributed by atoms with Gasteiger partial charge in [-0.25, -0.2) is 4.98 Å². The van der Waals surface area contributed by atoms with Crippen molar-refractivity contribution >= 4 is 52.7 Å². The van der Waals surface area contributed by atoms with Crippen molar-refractivity contribution in [1.29, 1.82) is 0 Å². The van der Waals surface area contributed by atoms with Gasteiger partial charge in [-0.3, -0.25) is 4.99 Å². The summed E-state index contributed by atoms with van der Waals surface area (Å²) >= 11 is 2.06. The molecule has 1 saturated heterocycles. The number of hydrogen-bond donors (Lipinski definition) is 2. The van der Waals surface area contributed by atoms with Gasteiger partial charge in [-0.2, -0.15) is 11.8 Å². The number of para-hydroxylation sites is 2. The number of aryl methyl sites for hydroxylation is 1. The SMILES string of the molecule is CCNC(=NCC1(C)CCCS1)NCCCn1cnc2ccccc21.I. The van der Waals surface area contributed by atoms with Crippen LogP contribution in [0.2, 0.25) is 0 Å². The summed E-state index contributed by atoms with van der Waals surface area (Å²) in [5.74, 6) is 2.21. The van der Waals surface area contributed by atoms with Gasteiger partial charge in [0.1, 0.15) is 0 Å². The highest BCUT2D eigenvalue weighted by Crippen LogP contribution is 2.37. The largest absolute Gasteiger partial charge is 0.357 e. The van der Waals surface area contributed by atoms with E-state index in [1.54, 1.807) is 0 Å². The molecule has 0 saturated carbocycles. The predicted octanol–water partition coefficient (Wildman–Crippen LogP) is 3.89. The van der Waals surface area contributed by atoms with Crippen molar-refractivity contribution in [3.05, 3.63) is 30.6 Å². The van der Waals surface area contributed by atoms with Gasteiger partial charge >= 0.3 is 0 Å². The summed E-state index contributed by atoms with van der Waals surface area (Å²) in [6.07, 6.45) is 5.56. The number of nitrogens with zero attached hydrogens (tertiary/aromatic N) is 3. The van der Waals surface area contributed by atoms with Crippen LogP contribution in [0.4, 0.5) is 0 Å². The van der Waals surface area contributed by atoms with E-state index in [1.807, 2.05) is 12.4 Å². The number of hydrogen-bond acceptors (Lipinski definition) is 3. The van der Waals surface area contributed by atoms with Crippen LogP contribution in [0.25, 0.3) is 11.0 Å². The molecule has 0 amide bonds. The molecule has 1 aliphatic rings. The lowest BCUT2D eigenvalue weighted by atomic mass is 10.1. The number of halogens is 1. The first-order valence-corrected chi connectivity index (χ1v) is 10.2. The van der Waals surface area contributed by atoms with E-state index in [9.17, 15) is 0 Å². The van der Waals surface area contributed by atoms with Crippen LogP contribution in [0.15, 0.2) is 35.6 Å². The molecular formula is C19H30IN5S. The van der Waals surface area contributed by atoms with E-state index >= 15 is 0 Å². The Hall–Kier alpha value is -0.960. The van der Waals surface area contributed by atoms with Crippen molar-refractivity contribution < 1.29 is 0 Å². The summed E-state index contributed by atoms with van der Waals surface area (Å²) in [5, 5.41) is 6.83. The van der Waals surface area contributed by atoms with Gasteiger partial charge in [-0.1, -0.05) is 12.1 Å². The van der Waals surface area contributed by atoms with Crippen LogP contribution < -0.4 is 10.6 Å². The van der Waals surface area contributed by atoms with E-state index in [2.05, 4.69) is 64.0 Å². The fourth-order valence-corrected chi connectivity index (χ4v) is 4.42. The minimum atomic E-state index is 0. The number of guanidine groups is 1. The summed E-state index contributed by atoms with van der Waals surface area (Å²) in [6, 6.07) is 8.28. The second-order valence-electron chi connectivity index (χ2n) is 6.80. The highest BCUT2D eigenvalue weighted by atomic mass is 127. The molecular weight excluding hydrogens is 457 g/mol. The molecule has 2 heterocycles. The summed E-state index contributed by atoms with van der Waals surface area (Å²) in [7, 11) is 0. The van der Waals surface area contributed by atoms with Crippen LogP contribution in [-0.2, 0) is 6.54 Å².